The number of imidazole rings is 1. The summed E-state index contributed by atoms with van der Waals surface area (Å²) in [4.78, 5) is 16.9. The molecule has 0 aliphatic carbocycles. The molecule has 0 aliphatic heterocycles. The zero-order valence-corrected chi connectivity index (χ0v) is 24.3. The molecule has 9 aromatic rings. The van der Waals surface area contributed by atoms with Crippen LogP contribution in [0.25, 0.3) is 66.5 Å². The van der Waals surface area contributed by atoms with Gasteiger partial charge in [-0.3, -0.25) is 9.88 Å². The highest BCUT2D eigenvalue weighted by molar-refractivity contribution is 5.98. The standard InChI is InChI=1S/C38H25N5O2/c1-42-32-16-8-7-15-30(32)40-38(42)27-14-9-17-33-28(27)21-36(45-33)43(26-12-3-2-4-13-26)35-19-18-34-37(41-35)29(23-44-34)31-20-24-10-5-6-11-25(24)22-39-31/h2-23H,1H3. The van der Waals surface area contributed by atoms with E-state index < -0.39 is 0 Å². The fourth-order valence-electron chi connectivity index (χ4n) is 6.13. The van der Waals surface area contributed by atoms with Crippen LogP contribution in [-0.2, 0) is 7.05 Å². The molecule has 7 nitrogen and oxygen atoms in total. The van der Waals surface area contributed by atoms with Crippen LogP contribution in [0, 0.1) is 0 Å². The molecule has 5 heterocycles. The van der Waals surface area contributed by atoms with Crippen LogP contribution in [0.3, 0.4) is 0 Å². The van der Waals surface area contributed by atoms with Gasteiger partial charge in [-0.15, -0.1) is 0 Å². The maximum Gasteiger partial charge on any atom is 0.206 e. The zero-order chi connectivity index (χ0) is 29.9. The van der Waals surface area contributed by atoms with Crippen molar-refractivity contribution in [2.24, 2.45) is 7.05 Å². The molecular formula is C38H25N5O2. The van der Waals surface area contributed by atoms with Crippen molar-refractivity contribution >= 4 is 61.3 Å². The maximum absolute atomic E-state index is 6.58. The van der Waals surface area contributed by atoms with E-state index >= 15 is 0 Å². The van der Waals surface area contributed by atoms with E-state index in [0.717, 1.165) is 66.6 Å². The number of aromatic nitrogens is 4. The van der Waals surface area contributed by atoms with Crippen molar-refractivity contribution in [3.8, 4) is 22.6 Å². The number of rotatable bonds is 5. The Bertz CT molecular complexity index is 2530. The van der Waals surface area contributed by atoms with E-state index in [1.54, 1.807) is 6.26 Å². The van der Waals surface area contributed by atoms with Gasteiger partial charge in [0.05, 0.1) is 28.0 Å². The summed E-state index contributed by atoms with van der Waals surface area (Å²) in [5, 5.41) is 3.16. The van der Waals surface area contributed by atoms with Crippen molar-refractivity contribution in [1.29, 1.82) is 0 Å². The minimum atomic E-state index is 0.642. The lowest BCUT2D eigenvalue weighted by Crippen LogP contribution is -2.10. The Balaban J connectivity index is 1.21. The van der Waals surface area contributed by atoms with Gasteiger partial charge in [-0.05, 0) is 53.9 Å². The molecule has 5 aromatic heterocycles. The molecule has 0 fully saturated rings. The number of hydrogen-bond acceptors (Lipinski definition) is 6. The SMILES string of the molecule is Cn1c(-c2cccc3oc(N(c4ccccc4)c4ccc5occ(-c6cc7ccccc7cn6)c5n4)cc23)nc2ccccc21. The fraction of sp³-hybridized carbons (Fsp3) is 0.0263. The molecular weight excluding hydrogens is 558 g/mol. The van der Waals surface area contributed by atoms with Gasteiger partial charge < -0.3 is 13.4 Å². The molecule has 0 saturated heterocycles. The van der Waals surface area contributed by atoms with Gasteiger partial charge >= 0.3 is 0 Å². The summed E-state index contributed by atoms with van der Waals surface area (Å²) in [6, 6.07) is 40.6. The molecule has 0 bridgehead atoms. The van der Waals surface area contributed by atoms with Gasteiger partial charge in [-0.1, -0.05) is 66.7 Å². The predicted octanol–water partition coefficient (Wildman–Crippen LogP) is 9.81. The first kappa shape index (κ1) is 25.3. The van der Waals surface area contributed by atoms with Crippen LogP contribution in [0.2, 0.25) is 0 Å². The number of pyridine rings is 2. The van der Waals surface area contributed by atoms with Crippen LogP contribution in [0.4, 0.5) is 17.4 Å². The van der Waals surface area contributed by atoms with E-state index in [1.165, 1.54) is 0 Å². The number of aryl methyl sites for hydroxylation is 1. The Morgan fingerprint density at radius 2 is 1.51 bits per heavy atom. The van der Waals surface area contributed by atoms with Gasteiger partial charge in [-0.2, -0.15) is 0 Å². The number of benzene rings is 4. The van der Waals surface area contributed by atoms with Gasteiger partial charge in [0.15, 0.2) is 5.58 Å². The second kappa shape index (κ2) is 9.92. The average Bonchev–Trinajstić information content (AvgIpc) is 3.80. The van der Waals surface area contributed by atoms with Gasteiger partial charge in [0.1, 0.15) is 29.0 Å². The minimum absolute atomic E-state index is 0.642. The third-order valence-electron chi connectivity index (χ3n) is 8.35. The lowest BCUT2D eigenvalue weighted by atomic mass is 10.1. The topological polar surface area (TPSA) is 73.1 Å². The van der Waals surface area contributed by atoms with Crippen molar-refractivity contribution in [3.63, 3.8) is 0 Å². The van der Waals surface area contributed by atoms with Crippen LogP contribution >= 0.6 is 0 Å². The summed E-state index contributed by atoms with van der Waals surface area (Å²) >= 11 is 0. The number of furan rings is 2. The van der Waals surface area contributed by atoms with Crippen molar-refractivity contribution < 1.29 is 8.83 Å². The predicted molar refractivity (Wildman–Crippen MR) is 179 cm³/mol. The summed E-state index contributed by atoms with van der Waals surface area (Å²) in [5.74, 6) is 2.22. The van der Waals surface area contributed by atoms with Crippen molar-refractivity contribution in [2.75, 3.05) is 4.90 Å². The molecule has 7 heteroatoms. The van der Waals surface area contributed by atoms with Gasteiger partial charge in [-0.25, -0.2) is 9.97 Å². The molecule has 0 aliphatic rings. The second-order valence-electron chi connectivity index (χ2n) is 11.0. The zero-order valence-electron chi connectivity index (χ0n) is 24.3. The van der Waals surface area contributed by atoms with Crippen LogP contribution in [0.15, 0.2) is 143 Å². The molecule has 0 saturated carbocycles. The number of anilines is 3. The first-order valence-electron chi connectivity index (χ1n) is 14.7. The van der Waals surface area contributed by atoms with Crippen molar-refractivity contribution in [2.45, 2.75) is 0 Å². The van der Waals surface area contributed by atoms with E-state index in [1.807, 2.05) is 103 Å². The molecule has 9 rings (SSSR count). The van der Waals surface area contributed by atoms with Crippen molar-refractivity contribution in [1.82, 2.24) is 19.5 Å². The Labute approximate surface area is 257 Å². The number of nitrogens with zero attached hydrogens (tertiary/aromatic N) is 5. The molecule has 214 valence electrons. The molecule has 4 aromatic carbocycles. The van der Waals surface area contributed by atoms with Gasteiger partial charge in [0.25, 0.3) is 0 Å². The Morgan fingerprint density at radius 1 is 0.689 bits per heavy atom. The van der Waals surface area contributed by atoms with Crippen molar-refractivity contribution in [3.05, 3.63) is 134 Å². The Kier molecular flexibility index (Phi) is 5.58. The monoisotopic (exact) mass is 583 g/mol. The highest BCUT2D eigenvalue weighted by Crippen LogP contribution is 2.41. The summed E-state index contributed by atoms with van der Waals surface area (Å²) in [7, 11) is 2.05. The van der Waals surface area contributed by atoms with Gasteiger partial charge in [0, 0.05) is 35.6 Å². The summed E-state index contributed by atoms with van der Waals surface area (Å²) in [6.07, 6.45) is 3.62. The summed E-state index contributed by atoms with van der Waals surface area (Å²) in [5.41, 5.74) is 7.76. The first-order valence-corrected chi connectivity index (χ1v) is 14.7. The van der Waals surface area contributed by atoms with Gasteiger partial charge in [0.2, 0.25) is 5.88 Å². The van der Waals surface area contributed by atoms with E-state index in [4.69, 9.17) is 23.8 Å². The van der Waals surface area contributed by atoms with E-state index in [9.17, 15) is 0 Å². The van der Waals surface area contributed by atoms with E-state index in [-0.39, 0.29) is 0 Å². The second-order valence-corrected chi connectivity index (χ2v) is 11.0. The van der Waals surface area contributed by atoms with Crippen LogP contribution < -0.4 is 4.90 Å². The summed E-state index contributed by atoms with van der Waals surface area (Å²) < 4.78 is 14.7. The first-order chi connectivity index (χ1) is 22.2. The quantitative estimate of drug-likeness (QED) is 0.201. The highest BCUT2D eigenvalue weighted by Gasteiger charge is 2.22. The molecule has 0 radical (unpaired) electrons. The molecule has 45 heavy (non-hydrogen) atoms. The summed E-state index contributed by atoms with van der Waals surface area (Å²) in [6.45, 7) is 0. The Hall–Kier alpha value is -6.21. The fourth-order valence-corrected chi connectivity index (χ4v) is 6.13. The molecule has 0 unspecified atom stereocenters. The van der Waals surface area contributed by atoms with Crippen LogP contribution in [0.5, 0.6) is 0 Å². The lowest BCUT2D eigenvalue weighted by Gasteiger charge is -2.21. The lowest BCUT2D eigenvalue weighted by molar-refractivity contribution is 0.615. The van der Waals surface area contributed by atoms with Crippen LogP contribution in [0.1, 0.15) is 0 Å². The average molecular weight is 584 g/mol. The third kappa shape index (κ3) is 4.09. The third-order valence-corrected chi connectivity index (χ3v) is 8.35. The number of hydrogen-bond donors (Lipinski definition) is 0. The minimum Gasteiger partial charge on any atom is -0.462 e. The molecule has 0 N–H and O–H groups in total. The maximum atomic E-state index is 6.58. The largest absolute Gasteiger partial charge is 0.462 e. The molecule has 0 spiro atoms. The van der Waals surface area contributed by atoms with E-state index in [2.05, 4.69) is 41.0 Å². The van der Waals surface area contributed by atoms with Crippen LogP contribution in [-0.4, -0.2) is 19.5 Å². The Morgan fingerprint density at radius 3 is 2.40 bits per heavy atom. The molecule has 0 atom stereocenters. The number of fused-ring (bicyclic) bond motifs is 4. The number of para-hydroxylation sites is 3. The van der Waals surface area contributed by atoms with E-state index in [0.29, 0.717) is 17.3 Å². The normalized spacial score (nSPS) is 11.7. The smallest absolute Gasteiger partial charge is 0.206 e. The highest BCUT2D eigenvalue weighted by atomic mass is 16.4. The molecule has 0 amide bonds.